The Morgan fingerprint density at radius 2 is 2.37 bits per heavy atom. The van der Waals surface area contributed by atoms with Crippen molar-refractivity contribution in [2.75, 3.05) is 19.7 Å². The fourth-order valence-corrected chi connectivity index (χ4v) is 2.12. The molecule has 0 aromatic carbocycles. The summed E-state index contributed by atoms with van der Waals surface area (Å²) in [5, 5.41) is 8.86. The standard InChI is InChI=1S/C12H17N3O4/c1-2-3-14(7-11(16)17)12(18)9-6-13-10-8-19-5-4-15(9)10/h6H,2-5,7-8H2,1H3,(H,16,17). The molecule has 2 heterocycles. The lowest BCUT2D eigenvalue weighted by molar-refractivity contribution is -0.137. The minimum absolute atomic E-state index is 0.287. The zero-order valence-corrected chi connectivity index (χ0v) is 10.8. The third-order valence-corrected chi connectivity index (χ3v) is 2.95. The second kappa shape index (κ2) is 5.83. The van der Waals surface area contributed by atoms with Crippen LogP contribution in [0.25, 0.3) is 0 Å². The van der Waals surface area contributed by atoms with Crippen molar-refractivity contribution in [3.05, 3.63) is 17.7 Å². The molecule has 7 heteroatoms. The summed E-state index contributed by atoms with van der Waals surface area (Å²) in [4.78, 5) is 28.7. The minimum atomic E-state index is -1.01. The van der Waals surface area contributed by atoms with E-state index in [1.165, 1.54) is 11.1 Å². The van der Waals surface area contributed by atoms with Gasteiger partial charge >= 0.3 is 5.97 Å². The smallest absolute Gasteiger partial charge is 0.323 e. The van der Waals surface area contributed by atoms with Gasteiger partial charge in [-0.05, 0) is 6.42 Å². The van der Waals surface area contributed by atoms with E-state index in [2.05, 4.69) is 4.98 Å². The summed E-state index contributed by atoms with van der Waals surface area (Å²) in [5.41, 5.74) is 0.438. The van der Waals surface area contributed by atoms with Crippen LogP contribution in [-0.2, 0) is 22.7 Å². The van der Waals surface area contributed by atoms with Crippen LogP contribution in [0.5, 0.6) is 0 Å². The van der Waals surface area contributed by atoms with E-state index in [4.69, 9.17) is 9.84 Å². The molecule has 19 heavy (non-hydrogen) atoms. The number of hydrogen-bond donors (Lipinski definition) is 1. The van der Waals surface area contributed by atoms with Crippen molar-refractivity contribution < 1.29 is 19.4 Å². The summed E-state index contributed by atoms with van der Waals surface area (Å²) in [6, 6.07) is 0. The Kier molecular flexibility index (Phi) is 4.16. The highest BCUT2D eigenvalue weighted by molar-refractivity contribution is 5.94. The van der Waals surface area contributed by atoms with Gasteiger partial charge in [0.05, 0.1) is 12.8 Å². The Balaban J connectivity index is 2.21. The zero-order valence-electron chi connectivity index (χ0n) is 10.8. The molecule has 1 aliphatic rings. The number of carbonyl (C=O) groups is 2. The van der Waals surface area contributed by atoms with E-state index in [1.54, 1.807) is 4.57 Å². The highest BCUT2D eigenvalue weighted by atomic mass is 16.5. The van der Waals surface area contributed by atoms with Crippen LogP contribution in [0.15, 0.2) is 6.20 Å². The lowest BCUT2D eigenvalue weighted by atomic mass is 10.3. The van der Waals surface area contributed by atoms with Crippen molar-refractivity contribution in [1.29, 1.82) is 0 Å². The van der Waals surface area contributed by atoms with E-state index < -0.39 is 5.97 Å². The predicted molar refractivity (Wildman–Crippen MR) is 65.7 cm³/mol. The lowest BCUT2D eigenvalue weighted by Crippen LogP contribution is -2.37. The van der Waals surface area contributed by atoms with Crippen molar-refractivity contribution in [2.45, 2.75) is 26.5 Å². The number of fused-ring (bicyclic) bond motifs is 1. The number of aromatic nitrogens is 2. The Morgan fingerprint density at radius 3 is 3.05 bits per heavy atom. The molecule has 1 aromatic rings. The number of imidazole rings is 1. The molecule has 0 bridgehead atoms. The summed E-state index contributed by atoms with van der Waals surface area (Å²) in [5.74, 6) is -0.588. The van der Waals surface area contributed by atoms with Crippen molar-refractivity contribution in [2.24, 2.45) is 0 Å². The first-order valence-electron chi connectivity index (χ1n) is 6.26. The third-order valence-electron chi connectivity index (χ3n) is 2.95. The maximum atomic E-state index is 12.4. The molecular weight excluding hydrogens is 250 g/mol. The molecule has 0 spiro atoms. The van der Waals surface area contributed by atoms with Gasteiger partial charge in [0.15, 0.2) is 0 Å². The van der Waals surface area contributed by atoms with Gasteiger partial charge in [-0.1, -0.05) is 6.92 Å². The third kappa shape index (κ3) is 2.93. The fraction of sp³-hybridized carbons (Fsp3) is 0.583. The normalized spacial score (nSPS) is 13.9. The van der Waals surface area contributed by atoms with Gasteiger partial charge in [-0.3, -0.25) is 9.59 Å². The van der Waals surface area contributed by atoms with Gasteiger partial charge in [-0.25, -0.2) is 4.98 Å². The van der Waals surface area contributed by atoms with Crippen LogP contribution in [0.2, 0.25) is 0 Å². The topological polar surface area (TPSA) is 84.7 Å². The van der Waals surface area contributed by atoms with Gasteiger partial charge in [0.1, 0.15) is 24.7 Å². The highest BCUT2D eigenvalue weighted by Gasteiger charge is 2.24. The maximum Gasteiger partial charge on any atom is 0.323 e. The van der Waals surface area contributed by atoms with Crippen molar-refractivity contribution >= 4 is 11.9 Å². The number of hydrogen-bond acceptors (Lipinski definition) is 4. The average Bonchev–Trinajstić information content (AvgIpc) is 2.80. The van der Waals surface area contributed by atoms with E-state index in [0.717, 1.165) is 0 Å². The van der Waals surface area contributed by atoms with Crippen LogP contribution in [0, 0.1) is 0 Å². The largest absolute Gasteiger partial charge is 0.480 e. The average molecular weight is 267 g/mol. The van der Waals surface area contributed by atoms with Crippen LogP contribution in [0.4, 0.5) is 0 Å². The monoisotopic (exact) mass is 267 g/mol. The van der Waals surface area contributed by atoms with Crippen LogP contribution in [0.1, 0.15) is 29.7 Å². The first-order valence-corrected chi connectivity index (χ1v) is 6.26. The molecule has 0 fully saturated rings. The van der Waals surface area contributed by atoms with Gasteiger partial charge in [-0.15, -0.1) is 0 Å². The van der Waals surface area contributed by atoms with E-state index in [-0.39, 0.29) is 12.5 Å². The number of carboxylic acids is 1. The molecular formula is C12H17N3O4. The van der Waals surface area contributed by atoms with Crippen molar-refractivity contribution in [1.82, 2.24) is 14.5 Å². The number of ether oxygens (including phenoxy) is 1. The van der Waals surface area contributed by atoms with Gasteiger partial charge in [0.25, 0.3) is 5.91 Å². The number of carbonyl (C=O) groups excluding carboxylic acids is 1. The number of amides is 1. The van der Waals surface area contributed by atoms with Gasteiger partial charge < -0.3 is 19.3 Å². The summed E-state index contributed by atoms with van der Waals surface area (Å²) >= 11 is 0. The molecule has 1 N–H and O–H groups in total. The summed E-state index contributed by atoms with van der Waals surface area (Å²) < 4.78 is 7.06. The van der Waals surface area contributed by atoms with E-state index >= 15 is 0 Å². The molecule has 2 rings (SSSR count). The number of nitrogens with zero attached hydrogens (tertiary/aromatic N) is 3. The molecule has 0 unspecified atom stereocenters. The molecule has 0 aliphatic carbocycles. The van der Waals surface area contributed by atoms with Gasteiger partial charge in [-0.2, -0.15) is 0 Å². The molecule has 0 saturated heterocycles. The Labute approximate surface area is 110 Å². The molecule has 0 radical (unpaired) electrons. The summed E-state index contributed by atoms with van der Waals surface area (Å²) in [6.45, 7) is 3.54. The number of aliphatic carboxylic acids is 1. The maximum absolute atomic E-state index is 12.4. The van der Waals surface area contributed by atoms with Crippen molar-refractivity contribution in [3.63, 3.8) is 0 Å². The molecule has 0 saturated carbocycles. The van der Waals surface area contributed by atoms with E-state index in [9.17, 15) is 9.59 Å². The highest BCUT2D eigenvalue weighted by Crippen LogP contribution is 2.14. The van der Waals surface area contributed by atoms with Crippen LogP contribution in [0.3, 0.4) is 0 Å². The number of rotatable bonds is 5. The summed E-state index contributed by atoms with van der Waals surface area (Å²) in [7, 11) is 0. The van der Waals surface area contributed by atoms with Crippen LogP contribution < -0.4 is 0 Å². The van der Waals surface area contributed by atoms with Crippen molar-refractivity contribution in [3.8, 4) is 0 Å². The van der Waals surface area contributed by atoms with Gasteiger partial charge in [0, 0.05) is 13.1 Å². The molecule has 1 aromatic heterocycles. The fourth-order valence-electron chi connectivity index (χ4n) is 2.12. The van der Waals surface area contributed by atoms with Crippen LogP contribution >= 0.6 is 0 Å². The lowest BCUT2D eigenvalue weighted by Gasteiger charge is -2.22. The first kappa shape index (κ1) is 13.5. The SMILES string of the molecule is CCCN(CC(=O)O)C(=O)c1cnc2n1CCOC2. The second-order valence-corrected chi connectivity index (χ2v) is 4.38. The van der Waals surface area contributed by atoms with Crippen LogP contribution in [-0.4, -0.2) is 51.1 Å². The molecule has 7 nitrogen and oxygen atoms in total. The molecule has 1 amide bonds. The minimum Gasteiger partial charge on any atom is -0.480 e. The predicted octanol–water partition coefficient (Wildman–Crippen LogP) is 0.350. The molecule has 0 atom stereocenters. The Bertz CT molecular complexity index is 483. The molecule has 1 aliphatic heterocycles. The number of carboxylic acid groups (broad SMARTS) is 1. The zero-order chi connectivity index (χ0) is 13.8. The summed E-state index contributed by atoms with van der Waals surface area (Å²) in [6.07, 6.45) is 2.21. The Hall–Kier alpha value is -1.89. The van der Waals surface area contributed by atoms with E-state index in [0.29, 0.717) is 44.2 Å². The first-order chi connectivity index (χ1) is 9.13. The van der Waals surface area contributed by atoms with E-state index in [1.807, 2.05) is 6.92 Å². The van der Waals surface area contributed by atoms with Gasteiger partial charge in [0.2, 0.25) is 0 Å². The molecule has 104 valence electrons. The Morgan fingerprint density at radius 1 is 1.58 bits per heavy atom. The second-order valence-electron chi connectivity index (χ2n) is 4.38. The quantitative estimate of drug-likeness (QED) is 0.832.